The van der Waals surface area contributed by atoms with Crippen molar-refractivity contribution in [3.63, 3.8) is 0 Å². The molecule has 0 heterocycles. The number of rotatable bonds is 8. The summed E-state index contributed by atoms with van der Waals surface area (Å²) in [5, 5.41) is 2.81. The Morgan fingerprint density at radius 1 is 1.08 bits per heavy atom. The molecule has 0 fully saturated rings. The zero-order valence-electron chi connectivity index (χ0n) is 15.5. The Bertz CT molecular complexity index is 833. The molecule has 26 heavy (non-hydrogen) atoms. The molecule has 0 bridgehead atoms. The molecule has 0 unspecified atom stereocenters. The largest absolute Gasteiger partial charge is 0.355 e. The molecule has 1 amide bonds. The van der Waals surface area contributed by atoms with Crippen molar-refractivity contribution in [2.75, 3.05) is 17.4 Å². The second-order valence-corrected chi connectivity index (χ2v) is 8.56. The number of hydrogen-bond acceptors (Lipinski definition) is 3. The molecule has 0 radical (unpaired) electrons. The molecule has 0 atom stereocenters. The zero-order chi connectivity index (χ0) is 19.2. The monoisotopic (exact) mass is 374 g/mol. The number of carbonyl (C=O) groups is 1. The van der Waals surface area contributed by atoms with Gasteiger partial charge in [-0.1, -0.05) is 44.2 Å². The summed E-state index contributed by atoms with van der Waals surface area (Å²) in [4.78, 5) is 12.5. The number of sulfonamides is 1. The van der Waals surface area contributed by atoms with Crippen LogP contribution in [-0.2, 0) is 14.8 Å². The summed E-state index contributed by atoms with van der Waals surface area (Å²) in [5.41, 5.74) is 1.41. The van der Waals surface area contributed by atoms with Gasteiger partial charge in [-0.05, 0) is 49.1 Å². The smallest absolute Gasteiger partial charge is 0.264 e. The highest BCUT2D eigenvalue weighted by molar-refractivity contribution is 7.92. The Labute approximate surface area is 156 Å². The molecule has 2 rings (SSSR count). The Morgan fingerprint density at radius 2 is 1.77 bits per heavy atom. The number of benzene rings is 2. The van der Waals surface area contributed by atoms with Gasteiger partial charge in [0.05, 0.1) is 10.6 Å². The van der Waals surface area contributed by atoms with E-state index in [2.05, 4.69) is 19.2 Å². The van der Waals surface area contributed by atoms with Crippen LogP contribution in [0.15, 0.2) is 59.5 Å². The van der Waals surface area contributed by atoms with E-state index in [1.807, 2.05) is 13.0 Å². The average Bonchev–Trinajstić information content (AvgIpc) is 2.60. The van der Waals surface area contributed by atoms with Crippen LogP contribution in [0, 0.1) is 12.8 Å². The molecule has 0 saturated carbocycles. The van der Waals surface area contributed by atoms with Gasteiger partial charge < -0.3 is 5.32 Å². The molecule has 0 saturated heterocycles. The first-order valence-corrected chi connectivity index (χ1v) is 10.2. The van der Waals surface area contributed by atoms with Crippen LogP contribution < -0.4 is 9.62 Å². The molecule has 0 aromatic heterocycles. The fourth-order valence-corrected chi connectivity index (χ4v) is 3.94. The van der Waals surface area contributed by atoms with Crippen molar-refractivity contribution in [2.45, 2.75) is 32.1 Å². The number of anilines is 1. The minimum Gasteiger partial charge on any atom is -0.355 e. The predicted molar refractivity (Wildman–Crippen MR) is 105 cm³/mol. The summed E-state index contributed by atoms with van der Waals surface area (Å²) in [5.74, 6) is 0.155. The lowest BCUT2D eigenvalue weighted by Gasteiger charge is -2.24. The minimum atomic E-state index is -3.83. The minimum absolute atomic E-state index is 0.163. The van der Waals surface area contributed by atoms with Crippen LogP contribution in [0.1, 0.15) is 25.8 Å². The van der Waals surface area contributed by atoms with E-state index < -0.39 is 10.0 Å². The SMILES string of the molecule is Cc1cccc(N(CC(=O)NCCC(C)C)S(=O)(=O)c2ccccc2)c1. The number of nitrogens with zero attached hydrogens (tertiary/aromatic N) is 1. The van der Waals surface area contributed by atoms with Gasteiger partial charge in [0.2, 0.25) is 5.91 Å². The number of hydrogen-bond donors (Lipinski definition) is 1. The Hall–Kier alpha value is -2.34. The van der Waals surface area contributed by atoms with E-state index in [9.17, 15) is 13.2 Å². The summed E-state index contributed by atoms with van der Waals surface area (Å²) < 4.78 is 27.4. The second kappa shape index (κ2) is 8.85. The summed E-state index contributed by atoms with van der Waals surface area (Å²) in [6.45, 7) is 6.32. The topological polar surface area (TPSA) is 66.5 Å². The Balaban J connectivity index is 2.30. The first-order valence-electron chi connectivity index (χ1n) is 8.72. The van der Waals surface area contributed by atoms with E-state index in [0.717, 1.165) is 12.0 Å². The van der Waals surface area contributed by atoms with Crippen molar-refractivity contribution in [1.82, 2.24) is 5.32 Å². The fourth-order valence-electron chi connectivity index (χ4n) is 2.50. The number of carbonyl (C=O) groups excluding carboxylic acids is 1. The first kappa shape index (κ1) is 20.0. The highest BCUT2D eigenvalue weighted by Gasteiger charge is 2.27. The second-order valence-electron chi connectivity index (χ2n) is 6.70. The lowest BCUT2D eigenvalue weighted by atomic mass is 10.1. The van der Waals surface area contributed by atoms with Crippen molar-refractivity contribution >= 4 is 21.6 Å². The molecule has 140 valence electrons. The van der Waals surface area contributed by atoms with E-state index in [1.54, 1.807) is 36.4 Å². The third-order valence-corrected chi connectivity index (χ3v) is 5.74. The standard InChI is InChI=1S/C20H26N2O3S/c1-16(2)12-13-21-20(23)15-22(18-9-7-8-17(3)14-18)26(24,25)19-10-5-4-6-11-19/h4-11,14,16H,12-13,15H2,1-3H3,(H,21,23). The molecule has 0 spiro atoms. The number of amides is 1. The van der Waals surface area contributed by atoms with E-state index in [1.165, 1.54) is 16.4 Å². The highest BCUT2D eigenvalue weighted by atomic mass is 32.2. The third kappa shape index (κ3) is 5.33. The molecule has 6 heteroatoms. The third-order valence-electron chi connectivity index (χ3n) is 3.95. The van der Waals surface area contributed by atoms with Crippen molar-refractivity contribution < 1.29 is 13.2 Å². The fraction of sp³-hybridized carbons (Fsp3) is 0.350. The van der Waals surface area contributed by atoms with Gasteiger partial charge in [-0.15, -0.1) is 0 Å². The van der Waals surface area contributed by atoms with Crippen LogP contribution >= 0.6 is 0 Å². The van der Waals surface area contributed by atoms with Crippen LogP contribution in [0.2, 0.25) is 0 Å². The molecule has 2 aromatic carbocycles. The van der Waals surface area contributed by atoms with E-state index in [0.29, 0.717) is 18.2 Å². The zero-order valence-corrected chi connectivity index (χ0v) is 16.3. The van der Waals surface area contributed by atoms with Crippen LogP contribution in [0.4, 0.5) is 5.69 Å². The maximum absolute atomic E-state index is 13.1. The molecule has 0 aliphatic heterocycles. The summed E-state index contributed by atoms with van der Waals surface area (Å²) in [6.07, 6.45) is 0.849. The molecule has 2 aromatic rings. The maximum atomic E-state index is 13.1. The van der Waals surface area contributed by atoms with Crippen LogP contribution in [0.3, 0.4) is 0 Å². The predicted octanol–water partition coefficient (Wildman–Crippen LogP) is 3.35. The lowest BCUT2D eigenvalue weighted by Crippen LogP contribution is -2.41. The molecule has 5 nitrogen and oxygen atoms in total. The molecule has 0 aliphatic carbocycles. The van der Waals surface area contributed by atoms with Crippen molar-refractivity contribution in [3.8, 4) is 0 Å². The Morgan fingerprint density at radius 3 is 2.38 bits per heavy atom. The van der Waals surface area contributed by atoms with E-state index in [4.69, 9.17) is 0 Å². The van der Waals surface area contributed by atoms with Gasteiger partial charge in [0.15, 0.2) is 0 Å². The first-order chi connectivity index (χ1) is 12.3. The normalized spacial score (nSPS) is 11.4. The number of nitrogens with one attached hydrogen (secondary N) is 1. The van der Waals surface area contributed by atoms with Gasteiger partial charge >= 0.3 is 0 Å². The molecule has 0 aliphatic rings. The lowest BCUT2D eigenvalue weighted by molar-refractivity contribution is -0.119. The van der Waals surface area contributed by atoms with Gasteiger partial charge in [-0.25, -0.2) is 8.42 Å². The van der Waals surface area contributed by atoms with Gasteiger partial charge in [0.25, 0.3) is 10.0 Å². The van der Waals surface area contributed by atoms with E-state index >= 15 is 0 Å². The van der Waals surface area contributed by atoms with Gasteiger partial charge in [0, 0.05) is 6.54 Å². The van der Waals surface area contributed by atoms with Crippen molar-refractivity contribution in [2.24, 2.45) is 5.92 Å². The Kier molecular flexibility index (Phi) is 6.80. The van der Waals surface area contributed by atoms with Crippen molar-refractivity contribution in [3.05, 3.63) is 60.2 Å². The van der Waals surface area contributed by atoms with Crippen LogP contribution in [-0.4, -0.2) is 27.4 Å². The molecular formula is C20H26N2O3S. The number of aryl methyl sites for hydroxylation is 1. The van der Waals surface area contributed by atoms with Gasteiger partial charge in [-0.3, -0.25) is 9.10 Å². The molecule has 1 N–H and O–H groups in total. The summed E-state index contributed by atoms with van der Waals surface area (Å²) >= 11 is 0. The van der Waals surface area contributed by atoms with Crippen LogP contribution in [0.5, 0.6) is 0 Å². The summed E-state index contributed by atoms with van der Waals surface area (Å²) in [7, 11) is -3.83. The highest BCUT2D eigenvalue weighted by Crippen LogP contribution is 2.24. The maximum Gasteiger partial charge on any atom is 0.264 e. The van der Waals surface area contributed by atoms with E-state index in [-0.39, 0.29) is 17.3 Å². The average molecular weight is 375 g/mol. The van der Waals surface area contributed by atoms with Crippen molar-refractivity contribution in [1.29, 1.82) is 0 Å². The summed E-state index contributed by atoms with van der Waals surface area (Å²) in [6, 6.07) is 15.3. The van der Waals surface area contributed by atoms with Crippen LogP contribution in [0.25, 0.3) is 0 Å². The molecular weight excluding hydrogens is 348 g/mol. The van der Waals surface area contributed by atoms with Gasteiger partial charge in [-0.2, -0.15) is 0 Å². The quantitative estimate of drug-likeness (QED) is 0.770. The van der Waals surface area contributed by atoms with Gasteiger partial charge in [0.1, 0.15) is 6.54 Å².